The third kappa shape index (κ3) is 4.36. The topological polar surface area (TPSA) is 64.1 Å². The molecule has 1 amide bonds. The molecule has 2 aromatic rings. The summed E-state index contributed by atoms with van der Waals surface area (Å²) in [6.45, 7) is 0.993. The number of aryl methyl sites for hydroxylation is 1. The van der Waals surface area contributed by atoms with E-state index in [4.69, 9.17) is 16.3 Å². The zero-order valence-corrected chi connectivity index (χ0v) is 12.3. The third-order valence-corrected chi connectivity index (χ3v) is 2.82. The standard InChI is InChI=1S/C14H12ClF2N3O2/c1-8-4-9(15)6-19-13(8)20-14(21)11-5-10(2-3-18-11)22-7-12(16)17/h2-6,12H,7H2,1H3,(H,19,20,21). The molecule has 2 aromatic heterocycles. The van der Waals surface area contributed by atoms with Crippen molar-refractivity contribution in [1.82, 2.24) is 9.97 Å². The van der Waals surface area contributed by atoms with Crippen molar-refractivity contribution in [3.8, 4) is 5.75 Å². The fourth-order valence-electron chi connectivity index (χ4n) is 1.63. The lowest BCUT2D eigenvalue weighted by molar-refractivity contribution is 0.0818. The Hall–Kier alpha value is -2.28. The molecule has 22 heavy (non-hydrogen) atoms. The van der Waals surface area contributed by atoms with Crippen molar-refractivity contribution >= 4 is 23.3 Å². The lowest BCUT2D eigenvalue weighted by atomic mass is 10.2. The number of carbonyl (C=O) groups is 1. The Labute approximate surface area is 130 Å². The van der Waals surface area contributed by atoms with Gasteiger partial charge >= 0.3 is 0 Å². The van der Waals surface area contributed by atoms with Gasteiger partial charge < -0.3 is 10.1 Å². The molecule has 116 valence electrons. The number of nitrogens with zero attached hydrogens (tertiary/aromatic N) is 2. The zero-order chi connectivity index (χ0) is 16.1. The van der Waals surface area contributed by atoms with E-state index in [1.54, 1.807) is 13.0 Å². The maximum Gasteiger partial charge on any atom is 0.275 e. The summed E-state index contributed by atoms with van der Waals surface area (Å²) in [6.07, 6.45) is 0.115. The largest absolute Gasteiger partial charge is 0.488 e. The first-order valence-electron chi connectivity index (χ1n) is 6.26. The molecule has 2 heterocycles. The first kappa shape index (κ1) is 16.1. The summed E-state index contributed by atoms with van der Waals surface area (Å²) < 4.78 is 29.1. The Morgan fingerprint density at radius 3 is 2.86 bits per heavy atom. The van der Waals surface area contributed by atoms with Crippen molar-refractivity contribution in [2.24, 2.45) is 0 Å². The van der Waals surface area contributed by atoms with Crippen LogP contribution in [-0.2, 0) is 0 Å². The molecule has 0 saturated heterocycles. The van der Waals surface area contributed by atoms with Crippen molar-refractivity contribution in [3.05, 3.63) is 46.9 Å². The lowest BCUT2D eigenvalue weighted by Crippen LogP contribution is -2.16. The van der Waals surface area contributed by atoms with Gasteiger partial charge in [0.1, 0.15) is 23.9 Å². The first-order chi connectivity index (χ1) is 10.5. The van der Waals surface area contributed by atoms with Crippen molar-refractivity contribution in [1.29, 1.82) is 0 Å². The van der Waals surface area contributed by atoms with E-state index >= 15 is 0 Å². The quantitative estimate of drug-likeness (QED) is 0.914. The van der Waals surface area contributed by atoms with Gasteiger partial charge in [-0.25, -0.2) is 13.8 Å². The highest BCUT2D eigenvalue weighted by Gasteiger charge is 2.12. The van der Waals surface area contributed by atoms with Gasteiger partial charge in [0, 0.05) is 18.5 Å². The van der Waals surface area contributed by atoms with Crippen LogP contribution in [0.2, 0.25) is 5.02 Å². The Morgan fingerprint density at radius 1 is 1.41 bits per heavy atom. The monoisotopic (exact) mass is 327 g/mol. The molecule has 0 saturated carbocycles. The number of aromatic nitrogens is 2. The second kappa shape index (κ2) is 7.13. The first-order valence-corrected chi connectivity index (χ1v) is 6.64. The number of amides is 1. The molecule has 0 bridgehead atoms. The van der Waals surface area contributed by atoms with Gasteiger partial charge in [-0.05, 0) is 24.6 Å². The summed E-state index contributed by atoms with van der Waals surface area (Å²) in [5.41, 5.74) is 0.717. The molecular formula is C14H12ClF2N3O2. The molecule has 5 nitrogen and oxygen atoms in total. The van der Waals surface area contributed by atoms with Crippen molar-refractivity contribution < 1.29 is 18.3 Å². The molecule has 0 aromatic carbocycles. The molecule has 0 aliphatic rings. The molecule has 2 rings (SSSR count). The Bertz CT molecular complexity index is 683. The number of hydrogen-bond donors (Lipinski definition) is 1. The average Bonchev–Trinajstić information content (AvgIpc) is 2.48. The normalized spacial score (nSPS) is 10.6. The van der Waals surface area contributed by atoms with Gasteiger partial charge in [-0.1, -0.05) is 11.6 Å². The minimum atomic E-state index is -2.59. The highest BCUT2D eigenvalue weighted by atomic mass is 35.5. The van der Waals surface area contributed by atoms with E-state index in [-0.39, 0.29) is 11.4 Å². The molecule has 0 aliphatic carbocycles. The number of nitrogens with one attached hydrogen (secondary N) is 1. The predicted molar refractivity (Wildman–Crippen MR) is 77.7 cm³/mol. The minimum Gasteiger partial charge on any atom is -0.488 e. The van der Waals surface area contributed by atoms with Gasteiger partial charge in [0.05, 0.1) is 5.02 Å². The van der Waals surface area contributed by atoms with Crippen LogP contribution in [0.15, 0.2) is 30.6 Å². The molecule has 1 N–H and O–H groups in total. The zero-order valence-electron chi connectivity index (χ0n) is 11.5. The molecule has 0 radical (unpaired) electrons. The smallest absolute Gasteiger partial charge is 0.275 e. The van der Waals surface area contributed by atoms with E-state index in [2.05, 4.69) is 15.3 Å². The van der Waals surface area contributed by atoms with Crippen LogP contribution in [0.25, 0.3) is 0 Å². The van der Waals surface area contributed by atoms with Crippen LogP contribution >= 0.6 is 11.6 Å². The predicted octanol–water partition coefficient (Wildman–Crippen LogP) is 3.33. The molecule has 8 heteroatoms. The van der Waals surface area contributed by atoms with Crippen LogP contribution in [-0.4, -0.2) is 28.9 Å². The van der Waals surface area contributed by atoms with Gasteiger partial charge in [-0.2, -0.15) is 0 Å². The number of ether oxygens (including phenoxy) is 1. The van der Waals surface area contributed by atoms with E-state index in [1.165, 1.54) is 24.5 Å². The molecule has 0 fully saturated rings. The van der Waals surface area contributed by atoms with Crippen LogP contribution in [0.5, 0.6) is 5.75 Å². The number of pyridine rings is 2. The number of alkyl halides is 2. The van der Waals surface area contributed by atoms with Crippen molar-refractivity contribution in [2.45, 2.75) is 13.3 Å². The maximum atomic E-state index is 12.1. The minimum absolute atomic E-state index is 0.0305. The van der Waals surface area contributed by atoms with Gasteiger partial charge in [0.25, 0.3) is 12.3 Å². The summed E-state index contributed by atoms with van der Waals surface area (Å²) in [5, 5.41) is 3.03. The Kier molecular flexibility index (Phi) is 5.21. The number of carbonyl (C=O) groups excluding carboxylic acids is 1. The number of hydrogen-bond acceptors (Lipinski definition) is 4. The van der Waals surface area contributed by atoms with E-state index in [0.29, 0.717) is 16.4 Å². The highest BCUT2D eigenvalue weighted by molar-refractivity contribution is 6.30. The van der Waals surface area contributed by atoms with Crippen LogP contribution in [0.1, 0.15) is 16.1 Å². The molecule has 0 unspecified atom stereocenters. The van der Waals surface area contributed by atoms with Crippen LogP contribution in [0.4, 0.5) is 14.6 Å². The molecule has 0 spiro atoms. The van der Waals surface area contributed by atoms with E-state index in [1.807, 2.05) is 0 Å². The number of halogens is 3. The lowest BCUT2D eigenvalue weighted by Gasteiger charge is -2.09. The van der Waals surface area contributed by atoms with Crippen molar-refractivity contribution in [2.75, 3.05) is 11.9 Å². The Morgan fingerprint density at radius 2 is 2.18 bits per heavy atom. The SMILES string of the molecule is Cc1cc(Cl)cnc1NC(=O)c1cc(OCC(F)F)ccn1. The Balaban J connectivity index is 2.10. The van der Waals surface area contributed by atoms with E-state index < -0.39 is 18.9 Å². The molecular weight excluding hydrogens is 316 g/mol. The summed E-state index contributed by atoms with van der Waals surface area (Å²) in [4.78, 5) is 20.0. The molecule has 0 atom stereocenters. The fraction of sp³-hybridized carbons (Fsp3) is 0.214. The summed E-state index contributed by atoms with van der Waals surface area (Å²) in [5.74, 6) is -0.0447. The molecule has 0 aliphatic heterocycles. The van der Waals surface area contributed by atoms with Crippen LogP contribution in [0, 0.1) is 6.92 Å². The van der Waals surface area contributed by atoms with E-state index in [9.17, 15) is 13.6 Å². The van der Waals surface area contributed by atoms with Gasteiger partial charge in [-0.3, -0.25) is 9.78 Å². The summed E-state index contributed by atoms with van der Waals surface area (Å²) >= 11 is 5.79. The second-order valence-electron chi connectivity index (χ2n) is 4.35. The summed E-state index contributed by atoms with van der Waals surface area (Å²) in [7, 11) is 0. The third-order valence-electron chi connectivity index (χ3n) is 2.62. The van der Waals surface area contributed by atoms with E-state index in [0.717, 1.165) is 0 Å². The van der Waals surface area contributed by atoms with Crippen molar-refractivity contribution in [3.63, 3.8) is 0 Å². The summed E-state index contributed by atoms with van der Waals surface area (Å²) in [6, 6.07) is 4.33. The van der Waals surface area contributed by atoms with Gasteiger partial charge in [0.15, 0.2) is 0 Å². The van der Waals surface area contributed by atoms with Gasteiger partial charge in [-0.15, -0.1) is 0 Å². The average molecular weight is 328 g/mol. The van der Waals surface area contributed by atoms with Gasteiger partial charge in [0.2, 0.25) is 0 Å². The number of rotatable bonds is 5. The highest BCUT2D eigenvalue weighted by Crippen LogP contribution is 2.18. The van der Waals surface area contributed by atoms with Crippen LogP contribution in [0.3, 0.4) is 0 Å². The second-order valence-corrected chi connectivity index (χ2v) is 4.79. The fourth-order valence-corrected chi connectivity index (χ4v) is 1.84. The maximum absolute atomic E-state index is 12.1. The van der Waals surface area contributed by atoms with Crippen LogP contribution < -0.4 is 10.1 Å². The number of anilines is 1.